The van der Waals surface area contributed by atoms with Gasteiger partial charge < -0.3 is 0 Å². The minimum absolute atomic E-state index is 0.156. The van der Waals surface area contributed by atoms with Crippen LogP contribution in [-0.4, -0.2) is 6.18 Å². The molecule has 0 amide bonds. The number of rotatable bonds is 0. The van der Waals surface area contributed by atoms with E-state index in [0.717, 1.165) is 6.08 Å². The molecule has 0 radical (unpaired) electrons. The Balaban J connectivity index is 2.91. The van der Waals surface area contributed by atoms with Crippen LogP contribution in [0.1, 0.15) is 6.92 Å². The topological polar surface area (TPSA) is 0 Å². The van der Waals surface area contributed by atoms with Gasteiger partial charge in [-0.2, -0.15) is 13.2 Å². The maximum Gasteiger partial charge on any atom is 0.416 e. The molecular weight excluding hydrogens is 165 g/mol. The van der Waals surface area contributed by atoms with Crippen molar-refractivity contribution in [3.05, 3.63) is 36.0 Å². The molecule has 0 fully saturated rings. The van der Waals surface area contributed by atoms with Crippen LogP contribution in [-0.2, 0) is 0 Å². The number of halogens is 3. The van der Waals surface area contributed by atoms with E-state index in [1.54, 1.807) is 19.1 Å². The summed E-state index contributed by atoms with van der Waals surface area (Å²) >= 11 is 0. The zero-order chi connectivity index (χ0) is 9.19. The number of allylic oxidation sites excluding steroid dienone is 6. The first kappa shape index (κ1) is 9.10. The second kappa shape index (κ2) is 3.17. The van der Waals surface area contributed by atoms with Gasteiger partial charge in [0.2, 0.25) is 0 Å². The Kier molecular flexibility index (Phi) is 2.40. The zero-order valence-electron chi connectivity index (χ0n) is 6.60. The predicted molar refractivity (Wildman–Crippen MR) is 41.6 cm³/mol. The molecule has 1 rings (SSSR count). The van der Waals surface area contributed by atoms with E-state index in [2.05, 4.69) is 0 Å². The van der Waals surface area contributed by atoms with Gasteiger partial charge in [0.15, 0.2) is 0 Å². The minimum Gasteiger partial charge on any atom is -0.166 e. The van der Waals surface area contributed by atoms with Crippen LogP contribution in [0.3, 0.4) is 0 Å². The molecule has 0 heterocycles. The second-order valence-corrected chi connectivity index (χ2v) is 2.72. The maximum atomic E-state index is 12.1. The molecule has 0 N–H and O–H groups in total. The smallest absolute Gasteiger partial charge is 0.166 e. The Hall–Kier alpha value is -0.990. The molecule has 1 unspecified atom stereocenters. The lowest BCUT2D eigenvalue weighted by Crippen LogP contribution is -2.10. The quantitative estimate of drug-likeness (QED) is 0.528. The molecule has 12 heavy (non-hydrogen) atoms. The first-order chi connectivity index (χ1) is 5.50. The van der Waals surface area contributed by atoms with E-state index in [9.17, 15) is 13.2 Å². The monoisotopic (exact) mass is 174 g/mol. The van der Waals surface area contributed by atoms with Gasteiger partial charge in [0.1, 0.15) is 0 Å². The van der Waals surface area contributed by atoms with Gasteiger partial charge in [-0.15, -0.1) is 0 Å². The van der Waals surface area contributed by atoms with Crippen LogP contribution in [0.15, 0.2) is 36.0 Å². The summed E-state index contributed by atoms with van der Waals surface area (Å²) in [5.74, 6) is -0.156. The normalized spacial score (nSPS) is 23.7. The van der Waals surface area contributed by atoms with Crippen LogP contribution in [0.4, 0.5) is 13.2 Å². The summed E-state index contributed by atoms with van der Waals surface area (Å²) < 4.78 is 36.4. The molecule has 0 aliphatic heterocycles. The van der Waals surface area contributed by atoms with Gasteiger partial charge in [-0.25, -0.2) is 0 Å². The molecule has 66 valence electrons. The van der Waals surface area contributed by atoms with Crippen molar-refractivity contribution in [2.24, 2.45) is 5.92 Å². The van der Waals surface area contributed by atoms with Crippen LogP contribution in [0.5, 0.6) is 0 Å². The summed E-state index contributed by atoms with van der Waals surface area (Å²) in [7, 11) is 0. The summed E-state index contributed by atoms with van der Waals surface area (Å²) in [6, 6.07) is 0. The van der Waals surface area contributed by atoms with Gasteiger partial charge in [-0.3, -0.25) is 0 Å². The Morgan fingerprint density at radius 3 is 2.50 bits per heavy atom. The third-order valence-electron chi connectivity index (χ3n) is 1.57. The van der Waals surface area contributed by atoms with Gasteiger partial charge >= 0.3 is 6.18 Å². The summed E-state index contributed by atoms with van der Waals surface area (Å²) in [5, 5.41) is 0. The molecule has 1 aliphatic carbocycles. The van der Waals surface area contributed by atoms with Crippen molar-refractivity contribution in [3.63, 3.8) is 0 Å². The van der Waals surface area contributed by atoms with E-state index in [-0.39, 0.29) is 5.92 Å². The lowest BCUT2D eigenvalue weighted by Gasteiger charge is -2.07. The Morgan fingerprint density at radius 1 is 1.25 bits per heavy atom. The Bertz CT molecular complexity index is 243. The fourth-order valence-electron chi connectivity index (χ4n) is 0.982. The zero-order valence-corrected chi connectivity index (χ0v) is 6.60. The summed E-state index contributed by atoms with van der Waals surface area (Å²) in [5.41, 5.74) is -0.569. The van der Waals surface area contributed by atoms with Crippen molar-refractivity contribution in [3.8, 4) is 0 Å². The van der Waals surface area contributed by atoms with E-state index in [1.165, 1.54) is 12.2 Å². The number of alkyl halides is 3. The van der Waals surface area contributed by atoms with Crippen molar-refractivity contribution in [1.29, 1.82) is 0 Å². The van der Waals surface area contributed by atoms with E-state index in [4.69, 9.17) is 0 Å². The number of hydrogen-bond donors (Lipinski definition) is 0. The van der Waals surface area contributed by atoms with Gasteiger partial charge in [0.05, 0.1) is 5.57 Å². The molecule has 1 aliphatic rings. The Morgan fingerprint density at radius 2 is 1.92 bits per heavy atom. The highest BCUT2D eigenvalue weighted by molar-refractivity contribution is 5.31. The average molecular weight is 174 g/mol. The third kappa shape index (κ3) is 2.26. The van der Waals surface area contributed by atoms with Gasteiger partial charge in [0, 0.05) is 0 Å². The summed E-state index contributed by atoms with van der Waals surface area (Å²) in [6.07, 6.45) is 2.81. The molecule has 0 aromatic carbocycles. The largest absolute Gasteiger partial charge is 0.416 e. The molecule has 3 heteroatoms. The van der Waals surface area contributed by atoms with E-state index in [1.807, 2.05) is 0 Å². The molecule has 0 saturated carbocycles. The molecule has 0 bridgehead atoms. The van der Waals surface area contributed by atoms with Gasteiger partial charge in [0.25, 0.3) is 0 Å². The third-order valence-corrected chi connectivity index (χ3v) is 1.57. The molecular formula is C9H9F3. The molecule has 1 atom stereocenters. The molecule has 0 saturated heterocycles. The van der Waals surface area contributed by atoms with Gasteiger partial charge in [-0.1, -0.05) is 37.3 Å². The van der Waals surface area contributed by atoms with Crippen LogP contribution < -0.4 is 0 Å². The van der Waals surface area contributed by atoms with Gasteiger partial charge in [-0.05, 0) is 5.92 Å². The molecule has 0 aromatic rings. The highest BCUT2D eigenvalue weighted by atomic mass is 19.4. The summed E-state index contributed by atoms with van der Waals surface area (Å²) in [6.45, 7) is 1.72. The van der Waals surface area contributed by atoms with Crippen molar-refractivity contribution in [1.82, 2.24) is 0 Å². The predicted octanol–water partition coefficient (Wildman–Crippen LogP) is 3.24. The summed E-state index contributed by atoms with van der Waals surface area (Å²) in [4.78, 5) is 0. The number of hydrogen-bond acceptors (Lipinski definition) is 0. The van der Waals surface area contributed by atoms with Crippen LogP contribution in [0, 0.1) is 5.92 Å². The molecule has 0 nitrogen and oxygen atoms in total. The fraction of sp³-hybridized carbons (Fsp3) is 0.333. The SMILES string of the molecule is CC1C=CC=CC(C(F)(F)F)=C1. The average Bonchev–Trinajstić information content (AvgIpc) is 2.11. The van der Waals surface area contributed by atoms with Crippen LogP contribution >= 0.6 is 0 Å². The van der Waals surface area contributed by atoms with Crippen LogP contribution in [0.25, 0.3) is 0 Å². The highest BCUT2D eigenvalue weighted by Gasteiger charge is 2.31. The van der Waals surface area contributed by atoms with Crippen LogP contribution in [0.2, 0.25) is 0 Å². The van der Waals surface area contributed by atoms with Crippen molar-refractivity contribution >= 4 is 0 Å². The van der Waals surface area contributed by atoms with Crippen molar-refractivity contribution < 1.29 is 13.2 Å². The van der Waals surface area contributed by atoms with E-state index >= 15 is 0 Å². The first-order valence-electron chi connectivity index (χ1n) is 3.64. The lowest BCUT2D eigenvalue weighted by molar-refractivity contribution is -0.0885. The molecule has 0 aromatic heterocycles. The highest BCUT2D eigenvalue weighted by Crippen LogP contribution is 2.28. The second-order valence-electron chi connectivity index (χ2n) is 2.72. The molecule has 0 spiro atoms. The maximum absolute atomic E-state index is 12.1. The standard InChI is InChI=1S/C9H9F3/c1-7-4-2-3-5-8(6-7)9(10,11)12/h2-7H,1H3. The minimum atomic E-state index is -4.23. The first-order valence-corrected chi connectivity index (χ1v) is 3.64. The lowest BCUT2D eigenvalue weighted by atomic mass is 10.1. The van der Waals surface area contributed by atoms with E-state index in [0.29, 0.717) is 0 Å². The Labute approximate surface area is 69.1 Å². The van der Waals surface area contributed by atoms with E-state index < -0.39 is 11.7 Å². The van der Waals surface area contributed by atoms with Crippen molar-refractivity contribution in [2.75, 3.05) is 0 Å². The fourth-order valence-corrected chi connectivity index (χ4v) is 0.982. The van der Waals surface area contributed by atoms with Crippen molar-refractivity contribution in [2.45, 2.75) is 13.1 Å².